The fourth-order valence-electron chi connectivity index (χ4n) is 8.43. The molecule has 0 spiro atoms. The fraction of sp³-hybridized carbons (Fsp3) is 0.200. The number of anilines is 3. The third kappa shape index (κ3) is 4.59. The predicted molar refractivity (Wildman–Crippen MR) is 212 cm³/mol. The van der Waals surface area contributed by atoms with Crippen molar-refractivity contribution in [2.75, 3.05) is 4.90 Å². The number of fused-ring (bicyclic) bond motifs is 4. The molecule has 236 valence electrons. The van der Waals surface area contributed by atoms with Crippen LogP contribution in [-0.4, -0.2) is 14.8 Å². The highest BCUT2D eigenvalue weighted by molar-refractivity contribution is 7.26. The van der Waals surface area contributed by atoms with Gasteiger partial charge in [0.05, 0.1) is 0 Å². The molecule has 0 fully saturated rings. The van der Waals surface area contributed by atoms with E-state index >= 15 is 0 Å². The molecule has 6 aromatic carbocycles. The van der Waals surface area contributed by atoms with E-state index in [2.05, 4.69) is 193 Å². The van der Waals surface area contributed by atoms with E-state index in [4.69, 9.17) is 0 Å². The molecule has 48 heavy (non-hydrogen) atoms. The number of hydrogen-bond acceptors (Lipinski definition) is 1. The molecule has 2 heterocycles. The maximum Gasteiger partial charge on any atom is 0.246 e. The van der Waals surface area contributed by atoms with Crippen molar-refractivity contribution in [1.82, 2.24) is 0 Å². The summed E-state index contributed by atoms with van der Waals surface area (Å²) >= 11 is 0. The van der Waals surface area contributed by atoms with Gasteiger partial charge in [-0.25, -0.2) is 0 Å². The summed E-state index contributed by atoms with van der Waals surface area (Å²) in [5.74, 6) is 0. The average molecular weight is 638 g/mol. The minimum atomic E-state index is -2.73. The Balaban J connectivity index is 1.53. The van der Waals surface area contributed by atoms with Crippen LogP contribution in [0.3, 0.4) is 0 Å². The summed E-state index contributed by atoms with van der Waals surface area (Å²) in [4.78, 5) is 2.57. The third-order valence-electron chi connectivity index (χ3n) is 10.8. The van der Waals surface area contributed by atoms with Crippen LogP contribution in [0.4, 0.5) is 17.1 Å². The molecule has 0 bridgehead atoms. The Morgan fingerprint density at radius 1 is 0.500 bits per heavy atom. The standard InChI is InChI=1S/C45H44BNSi/c1-31-28-40-43-42(29-31)48(35-16-10-8-11-17-35,36-18-12-9-13-19-36)41-21-15-14-20-37(41)46(43)38-30-33(45(5,6)7)24-27-39(38)47(40)34-25-22-32(23-26-34)44(2,3)4/h8-30H,1-7H3. The highest BCUT2D eigenvalue weighted by Gasteiger charge is 2.53. The van der Waals surface area contributed by atoms with Crippen LogP contribution >= 0.6 is 0 Å². The zero-order valence-corrected chi connectivity index (χ0v) is 30.3. The average Bonchev–Trinajstić information content (AvgIpc) is 3.08. The summed E-state index contributed by atoms with van der Waals surface area (Å²) in [5.41, 5.74) is 12.3. The normalized spacial score (nSPS) is 14.6. The molecule has 0 radical (unpaired) electrons. The first-order chi connectivity index (χ1) is 23.0. The predicted octanol–water partition coefficient (Wildman–Crippen LogP) is 6.58. The van der Waals surface area contributed by atoms with Crippen molar-refractivity contribution >= 4 is 69.0 Å². The lowest BCUT2D eigenvalue weighted by atomic mass is 9.34. The van der Waals surface area contributed by atoms with Crippen LogP contribution in [0, 0.1) is 6.92 Å². The molecule has 0 unspecified atom stereocenters. The van der Waals surface area contributed by atoms with Gasteiger partial charge in [0.1, 0.15) is 0 Å². The van der Waals surface area contributed by atoms with E-state index in [9.17, 15) is 0 Å². The first kappa shape index (κ1) is 30.7. The molecule has 3 heteroatoms. The van der Waals surface area contributed by atoms with Crippen molar-refractivity contribution in [1.29, 1.82) is 0 Å². The minimum Gasteiger partial charge on any atom is -0.312 e. The zero-order valence-electron chi connectivity index (χ0n) is 29.3. The van der Waals surface area contributed by atoms with Gasteiger partial charge in [-0.2, -0.15) is 0 Å². The van der Waals surface area contributed by atoms with Crippen molar-refractivity contribution in [3.8, 4) is 0 Å². The molecule has 6 aromatic rings. The van der Waals surface area contributed by atoms with Crippen molar-refractivity contribution in [2.24, 2.45) is 0 Å². The summed E-state index contributed by atoms with van der Waals surface area (Å²) < 4.78 is 0. The van der Waals surface area contributed by atoms with Crippen LogP contribution in [-0.2, 0) is 10.8 Å². The number of rotatable bonds is 3. The summed E-state index contributed by atoms with van der Waals surface area (Å²) in [6.45, 7) is 16.3. The van der Waals surface area contributed by atoms with Crippen molar-refractivity contribution < 1.29 is 0 Å². The molecule has 0 aliphatic carbocycles. The summed E-state index contributed by atoms with van der Waals surface area (Å²) in [6.07, 6.45) is 0. The lowest BCUT2D eigenvalue weighted by Crippen LogP contribution is -2.87. The molecule has 0 saturated carbocycles. The van der Waals surface area contributed by atoms with Gasteiger partial charge < -0.3 is 4.90 Å². The molecule has 0 atom stereocenters. The Morgan fingerprint density at radius 3 is 1.67 bits per heavy atom. The van der Waals surface area contributed by atoms with E-state index < -0.39 is 8.07 Å². The smallest absolute Gasteiger partial charge is 0.246 e. The molecule has 0 aromatic heterocycles. The maximum atomic E-state index is 2.57. The Kier molecular flexibility index (Phi) is 7.02. The van der Waals surface area contributed by atoms with Crippen LogP contribution in [0.2, 0.25) is 0 Å². The van der Waals surface area contributed by atoms with Gasteiger partial charge in [-0.3, -0.25) is 0 Å². The first-order valence-electron chi connectivity index (χ1n) is 17.4. The second kappa shape index (κ2) is 11.0. The summed E-state index contributed by atoms with van der Waals surface area (Å²) in [5, 5.41) is 5.89. The van der Waals surface area contributed by atoms with Crippen molar-refractivity contribution in [3.05, 3.63) is 156 Å². The van der Waals surface area contributed by atoms with Crippen molar-refractivity contribution in [3.63, 3.8) is 0 Å². The molecular formula is C45H44BNSi. The Labute approximate surface area is 288 Å². The van der Waals surface area contributed by atoms with Crippen LogP contribution in [0.25, 0.3) is 0 Å². The van der Waals surface area contributed by atoms with Crippen LogP contribution in [0.15, 0.2) is 140 Å². The lowest BCUT2D eigenvalue weighted by Gasteiger charge is -2.47. The van der Waals surface area contributed by atoms with Gasteiger partial charge in [-0.1, -0.05) is 162 Å². The van der Waals surface area contributed by atoms with Crippen LogP contribution in [0.5, 0.6) is 0 Å². The minimum absolute atomic E-state index is 0.0331. The Morgan fingerprint density at radius 2 is 1.06 bits per heavy atom. The van der Waals surface area contributed by atoms with E-state index in [-0.39, 0.29) is 17.5 Å². The SMILES string of the molecule is Cc1cc2c3c(c1)[Si](c1ccccc1)(c1ccccc1)c1ccccc1B3c1cc(C(C)(C)C)ccc1N2c1ccc(C(C)(C)C)cc1. The first-order valence-corrected chi connectivity index (χ1v) is 19.4. The van der Waals surface area contributed by atoms with Gasteiger partial charge in [0, 0.05) is 17.1 Å². The van der Waals surface area contributed by atoms with E-state index in [0.717, 1.165) is 0 Å². The zero-order chi connectivity index (χ0) is 33.4. The summed E-state index contributed by atoms with van der Waals surface area (Å²) in [6, 6.07) is 53.9. The quantitative estimate of drug-likeness (QED) is 0.198. The van der Waals surface area contributed by atoms with E-state index in [1.807, 2.05) is 0 Å². The van der Waals surface area contributed by atoms with Gasteiger partial charge in [-0.05, 0) is 90.4 Å². The van der Waals surface area contributed by atoms with E-state index in [0.29, 0.717) is 0 Å². The van der Waals surface area contributed by atoms with Crippen LogP contribution < -0.4 is 42.0 Å². The topological polar surface area (TPSA) is 3.24 Å². The van der Waals surface area contributed by atoms with Gasteiger partial charge in [0.15, 0.2) is 8.07 Å². The number of nitrogens with zero attached hydrogens (tertiary/aromatic N) is 1. The third-order valence-corrected chi connectivity index (χ3v) is 15.6. The molecule has 0 amide bonds. The number of hydrogen-bond donors (Lipinski definition) is 0. The number of benzene rings is 6. The highest BCUT2D eigenvalue weighted by Crippen LogP contribution is 2.39. The lowest BCUT2D eigenvalue weighted by molar-refractivity contribution is 0.590. The molecule has 1 nitrogen and oxygen atoms in total. The molecule has 8 rings (SSSR count). The van der Waals surface area contributed by atoms with E-state index in [1.54, 1.807) is 0 Å². The largest absolute Gasteiger partial charge is 0.312 e. The van der Waals surface area contributed by atoms with Crippen molar-refractivity contribution in [2.45, 2.75) is 59.3 Å². The molecule has 2 aliphatic heterocycles. The fourth-order valence-corrected chi connectivity index (χ4v) is 13.8. The van der Waals surface area contributed by atoms with Gasteiger partial charge in [-0.15, -0.1) is 0 Å². The Bertz CT molecular complexity index is 2120. The monoisotopic (exact) mass is 637 g/mol. The second-order valence-electron chi connectivity index (χ2n) is 15.9. The number of aryl methyl sites for hydroxylation is 1. The molecular weight excluding hydrogens is 593 g/mol. The van der Waals surface area contributed by atoms with Crippen LogP contribution in [0.1, 0.15) is 58.2 Å². The van der Waals surface area contributed by atoms with Gasteiger partial charge >= 0.3 is 0 Å². The summed E-state index contributed by atoms with van der Waals surface area (Å²) in [7, 11) is -2.73. The molecule has 2 aliphatic rings. The molecule has 0 saturated heterocycles. The highest BCUT2D eigenvalue weighted by atomic mass is 28.3. The van der Waals surface area contributed by atoms with Gasteiger partial charge in [0.2, 0.25) is 6.71 Å². The van der Waals surface area contributed by atoms with Gasteiger partial charge in [0.25, 0.3) is 0 Å². The Hall–Kier alpha value is -4.60. The maximum absolute atomic E-state index is 2.73. The van der Waals surface area contributed by atoms with E-state index in [1.165, 1.54) is 70.9 Å². The second-order valence-corrected chi connectivity index (χ2v) is 19.6. The molecule has 0 N–H and O–H groups in total.